The molecule has 0 radical (unpaired) electrons. The molecule has 3 aromatic rings. The molecule has 0 fully saturated rings. The van der Waals surface area contributed by atoms with Crippen LogP contribution < -0.4 is 5.32 Å². The first kappa shape index (κ1) is 13.3. The minimum absolute atomic E-state index is 0.263. The fraction of sp³-hybridized carbons (Fsp3) is 0.214. The van der Waals surface area contributed by atoms with Crippen molar-refractivity contribution in [1.29, 1.82) is 0 Å². The van der Waals surface area contributed by atoms with Gasteiger partial charge in [0.2, 0.25) is 5.28 Å². The Morgan fingerprint density at radius 3 is 2.85 bits per heavy atom. The monoisotopic (exact) mass is 304 g/mol. The Hall–Kier alpha value is -1.72. The summed E-state index contributed by atoms with van der Waals surface area (Å²) in [5.74, 6) is 0.757. The van der Waals surface area contributed by atoms with Gasteiger partial charge in [0.05, 0.1) is 17.6 Å². The van der Waals surface area contributed by atoms with Crippen LogP contribution in [0, 0.1) is 13.8 Å². The number of aryl methyl sites for hydroxylation is 2. The van der Waals surface area contributed by atoms with E-state index >= 15 is 0 Å². The molecule has 6 heteroatoms. The topological polar surface area (TPSA) is 50.7 Å². The van der Waals surface area contributed by atoms with Gasteiger partial charge in [-0.2, -0.15) is 0 Å². The van der Waals surface area contributed by atoms with Gasteiger partial charge in [-0.25, -0.2) is 9.97 Å². The van der Waals surface area contributed by atoms with E-state index in [1.165, 1.54) is 4.88 Å². The third-order valence-electron chi connectivity index (χ3n) is 2.87. The van der Waals surface area contributed by atoms with Crippen molar-refractivity contribution in [2.45, 2.75) is 20.4 Å². The Bertz CT molecular complexity index is 769. The quantitative estimate of drug-likeness (QED) is 0.744. The Balaban J connectivity index is 1.90. The number of nitrogens with zero attached hydrogens (tertiary/aromatic N) is 3. The lowest BCUT2D eigenvalue weighted by molar-refractivity contribution is 1.00. The molecule has 0 unspecified atom stereocenters. The highest BCUT2D eigenvalue weighted by molar-refractivity contribution is 7.18. The first-order valence-corrected chi connectivity index (χ1v) is 7.41. The molecule has 3 heterocycles. The lowest BCUT2D eigenvalue weighted by Gasteiger charge is -2.07. The first-order chi connectivity index (χ1) is 9.61. The zero-order valence-electron chi connectivity index (χ0n) is 11.1. The van der Waals surface area contributed by atoms with Crippen molar-refractivity contribution in [2.75, 3.05) is 5.32 Å². The Morgan fingerprint density at radius 2 is 2.05 bits per heavy atom. The average molecular weight is 305 g/mol. The molecular weight excluding hydrogens is 292 g/mol. The third kappa shape index (κ3) is 2.73. The summed E-state index contributed by atoms with van der Waals surface area (Å²) in [6.07, 6.45) is 0. The highest BCUT2D eigenvalue weighted by atomic mass is 35.5. The highest BCUT2D eigenvalue weighted by Crippen LogP contribution is 2.29. The maximum absolute atomic E-state index is 5.97. The van der Waals surface area contributed by atoms with Crippen molar-refractivity contribution in [3.05, 3.63) is 45.8 Å². The molecule has 0 saturated carbocycles. The van der Waals surface area contributed by atoms with Crippen molar-refractivity contribution < 1.29 is 0 Å². The summed E-state index contributed by atoms with van der Waals surface area (Å²) in [4.78, 5) is 15.1. The van der Waals surface area contributed by atoms with Gasteiger partial charge < -0.3 is 5.32 Å². The molecular formula is C14H13ClN4S. The number of rotatable bonds is 3. The van der Waals surface area contributed by atoms with Crippen molar-refractivity contribution >= 4 is 39.0 Å². The van der Waals surface area contributed by atoms with E-state index < -0.39 is 0 Å². The summed E-state index contributed by atoms with van der Waals surface area (Å²) in [6, 6.07) is 8.03. The van der Waals surface area contributed by atoms with Crippen LogP contribution in [0.2, 0.25) is 5.28 Å². The van der Waals surface area contributed by atoms with Gasteiger partial charge in [-0.15, -0.1) is 11.3 Å². The molecule has 0 aromatic carbocycles. The van der Waals surface area contributed by atoms with E-state index in [0.29, 0.717) is 6.54 Å². The summed E-state index contributed by atoms with van der Waals surface area (Å²) >= 11 is 7.58. The molecule has 3 rings (SSSR count). The van der Waals surface area contributed by atoms with Crippen molar-refractivity contribution in [1.82, 2.24) is 15.0 Å². The van der Waals surface area contributed by atoms with Gasteiger partial charge in [0.15, 0.2) is 0 Å². The van der Waals surface area contributed by atoms with Crippen LogP contribution in [0.25, 0.3) is 10.2 Å². The summed E-state index contributed by atoms with van der Waals surface area (Å²) in [5, 5.41) is 4.56. The SMILES string of the molecule is Cc1cccc(CNc2nc(Cl)nc3sc(C)cc23)n1. The number of fused-ring (bicyclic) bond motifs is 1. The fourth-order valence-corrected chi connectivity index (χ4v) is 3.12. The minimum Gasteiger partial charge on any atom is -0.364 e. The van der Waals surface area contributed by atoms with Crippen LogP contribution >= 0.6 is 22.9 Å². The highest BCUT2D eigenvalue weighted by Gasteiger charge is 2.09. The van der Waals surface area contributed by atoms with E-state index in [4.69, 9.17) is 11.6 Å². The van der Waals surface area contributed by atoms with Gasteiger partial charge in [-0.3, -0.25) is 4.98 Å². The molecule has 20 heavy (non-hydrogen) atoms. The number of nitrogens with one attached hydrogen (secondary N) is 1. The second-order valence-corrected chi connectivity index (χ2v) is 6.11. The molecule has 0 saturated heterocycles. The standard InChI is InChI=1S/C14H13ClN4S/c1-8-4-3-5-10(17-8)7-16-12-11-6-9(2)20-13(11)19-14(15)18-12/h3-6H,7H2,1-2H3,(H,16,18,19). The molecule has 0 amide bonds. The smallest absolute Gasteiger partial charge is 0.225 e. The van der Waals surface area contributed by atoms with E-state index in [1.54, 1.807) is 11.3 Å². The summed E-state index contributed by atoms with van der Waals surface area (Å²) in [6.45, 7) is 4.64. The largest absolute Gasteiger partial charge is 0.364 e. The molecule has 102 valence electrons. The van der Waals surface area contributed by atoms with E-state index in [9.17, 15) is 0 Å². The van der Waals surface area contributed by atoms with E-state index in [0.717, 1.165) is 27.4 Å². The van der Waals surface area contributed by atoms with E-state index in [2.05, 4.69) is 26.3 Å². The van der Waals surface area contributed by atoms with Crippen LogP contribution in [0.5, 0.6) is 0 Å². The van der Waals surface area contributed by atoms with Crippen molar-refractivity contribution in [3.63, 3.8) is 0 Å². The average Bonchev–Trinajstić information content (AvgIpc) is 2.76. The van der Waals surface area contributed by atoms with Gasteiger partial charge in [0.25, 0.3) is 0 Å². The van der Waals surface area contributed by atoms with Crippen LogP contribution in [0.3, 0.4) is 0 Å². The van der Waals surface area contributed by atoms with Crippen LogP contribution in [-0.2, 0) is 6.54 Å². The van der Waals surface area contributed by atoms with Crippen LogP contribution in [0.4, 0.5) is 5.82 Å². The molecule has 0 aliphatic heterocycles. The molecule has 0 aliphatic carbocycles. The van der Waals surface area contributed by atoms with E-state index in [-0.39, 0.29) is 5.28 Å². The van der Waals surface area contributed by atoms with Gasteiger partial charge in [0.1, 0.15) is 10.6 Å². The Labute approximate surface area is 125 Å². The van der Waals surface area contributed by atoms with E-state index in [1.807, 2.05) is 32.0 Å². The number of anilines is 1. The fourth-order valence-electron chi connectivity index (χ4n) is 2.02. The van der Waals surface area contributed by atoms with Crippen LogP contribution in [0.15, 0.2) is 24.3 Å². The second-order valence-electron chi connectivity index (χ2n) is 4.54. The molecule has 0 atom stereocenters. The first-order valence-electron chi connectivity index (χ1n) is 6.22. The molecule has 0 aliphatic rings. The zero-order chi connectivity index (χ0) is 14.1. The van der Waals surface area contributed by atoms with Crippen molar-refractivity contribution in [2.24, 2.45) is 0 Å². The summed E-state index contributed by atoms with van der Waals surface area (Å²) in [7, 11) is 0. The molecule has 3 aromatic heterocycles. The maximum atomic E-state index is 5.97. The zero-order valence-corrected chi connectivity index (χ0v) is 12.7. The summed E-state index contributed by atoms with van der Waals surface area (Å²) < 4.78 is 0. The van der Waals surface area contributed by atoms with Gasteiger partial charge in [-0.05, 0) is 43.6 Å². The van der Waals surface area contributed by atoms with Gasteiger partial charge in [0, 0.05) is 10.6 Å². The predicted octanol–water partition coefficient (Wildman–Crippen LogP) is 3.97. The number of hydrogen-bond acceptors (Lipinski definition) is 5. The lowest BCUT2D eigenvalue weighted by atomic mass is 10.3. The number of pyridine rings is 1. The maximum Gasteiger partial charge on any atom is 0.225 e. The molecule has 0 spiro atoms. The number of aromatic nitrogens is 3. The van der Waals surface area contributed by atoms with Gasteiger partial charge in [-0.1, -0.05) is 6.07 Å². The predicted molar refractivity (Wildman–Crippen MR) is 83.5 cm³/mol. The lowest BCUT2D eigenvalue weighted by Crippen LogP contribution is -2.04. The van der Waals surface area contributed by atoms with Crippen LogP contribution in [0.1, 0.15) is 16.3 Å². The molecule has 1 N–H and O–H groups in total. The third-order valence-corrected chi connectivity index (χ3v) is 3.99. The second kappa shape index (κ2) is 5.34. The minimum atomic E-state index is 0.263. The summed E-state index contributed by atoms with van der Waals surface area (Å²) in [5.41, 5.74) is 1.97. The number of thiophene rings is 1. The molecule has 0 bridgehead atoms. The molecule has 4 nitrogen and oxygen atoms in total. The van der Waals surface area contributed by atoms with Gasteiger partial charge >= 0.3 is 0 Å². The van der Waals surface area contributed by atoms with Crippen molar-refractivity contribution in [3.8, 4) is 0 Å². The van der Waals surface area contributed by atoms with Crippen LogP contribution in [-0.4, -0.2) is 15.0 Å². The Morgan fingerprint density at radius 1 is 1.20 bits per heavy atom. The number of halogens is 1. The number of hydrogen-bond donors (Lipinski definition) is 1. The Kier molecular flexibility index (Phi) is 3.54. The normalized spacial score (nSPS) is 10.9.